The lowest BCUT2D eigenvalue weighted by Crippen LogP contribution is -2.41. The molecule has 9 heteroatoms. The van der Waals surface area contributed by atoms with Crippen LogP contribution in [0.3, 0.4) is 0 Å². The van der Waals surface area contributed by atoms with Crippen LogP contribution in [0.25, 0.3) is 10.6 Å². The number of ketones is 1. The van der Waals surface area contributed by atoms with Crippen molar-refractivity contribution in [2.24, 2.45) is 0 Å². The van der Waals surface area contributed by atoms with Gasteiger partial charge in [-0.2, -0.15) is 0 Å². The predicted octanol–water partition coefficient (Wildman–Crippen LogP) is 3.20. The summed E-state index contributed by atoms with van der Waals surface area (Å²) in [5.74, 6) is -0.933. The summed E-state index contributed by atoms with van der Waals surface area (Å²) < 4.78 is 24.7. The van der Waals surface area contributed by atoms with Gasteiger partial charge in [-0.25, -0.2) is 13.4 Å². The summed E-state index contributed by atoms with van der Waals surface area (Å²) >= 11 is 1.29. The minimum atomic E-state index is -4.03. The first-order chi connectivity index (χ1) is 13.8. The van der Waals surface area contributed by atoms with Gasteiger partial charge in [0.15, 0.2) is 5.78 Å². The Morgan fingerprint density at radius 1 is 1.10 bits per heavy atom. The molecule has 0 saturated heterocycles. The smallest absolute Gasteiger partial charge is 0.285 e. The maximum absolute atomic E-state index is 12.4. The lowest BCUT2D eigenvalue weighted by molar-refractivity contribution is 0.0940. The van der Waals surface area contributed by atoms with Crippen molar-refractivity contribution in [3.8, 4) is 10.6 Å². The van der Waals surface area contributed by atoms with Gasteiger partial charge in [-0.15, -0.1) is 16.2 Å². The molecule has 0 aliphatic heterocycles. The average molecular weight is 430 g/mol. The van der Waals surface area contributed by atoms with E-state index in [1.54, 1.807) is 5.38 Å². The number of amides is 1. The molecule has 3 aromatic rings. The van der Waals surface area contributed by atoms with Crippen LogP contribution in [0.5, 0.6) is 0 Å². The van der Waals surface area contributed by atoms with E-state index in [1.165, 1.54) is 48.1 Å². The molecular weight excluding hydrogens is 410 g/mol. The third-order valence-corrected chi connectivity index (χ3v) is 6.33. The second-order valence-corrected chi connectivity index (χ2v) is 8.77. The van der Waals surface area contributed by atoms with E-state index in [2.05, 4.69) is 17.3 Å². The number of rotatable bonds is 7. The van der Waals surface area contributed by atoms with Crippen molar-refractivity contribution in [1.82, 2.24) is 15.2 Å². The van der Waals surface area contributed by atoms with Crippen molar-refractivity contribution in [1.29, 1.82) is 0 Å². The number of hydrogen-bond acceptors (Lipinski definition) is 6. The molecule has 0 aliphatic rings. The number of hydrogen-bond donors (Lipinski definition) is 2. The zero-order chi connectivity index (χ0) is 21.0. The van der Waals surface area contributed by atoms with Crippen LogP contribution in [0, 0.1) is 0 Å². The molecule has 3 rings (SSSR count). The van der Waals surface area contributed by atoms with E-state index in [1.807, 2.05) is 29.1 Å². The Hall–Kier alpha value is -2.88. The van der Waals surface area contributed by atoms with Crippen LogP contribution >= 0.6 is 11.3 Å². The van der Waals surface area contributed by atoms with E-state index in [4.69, 9.17) is 0 Å². The second-order valence-electron chi connectivity index (χ2n) is 6.23. The maximum Gasteiger partial charge on any atom is 0.285 e. The largest absolute Gasteiger partial charge is 0.295 e. The van der Waals surface area contributed by atoms with E-state index < -0.39 is 15.9 Å². The van der Waals surface area contributed by atoms with E-state index in [9.17, 15) is 18.0 Å². The average Bonchev–Trinajstić information content (AvgIpc) is 3.22. The van der Waals surface area contributed by atoms with Gasteiger partial charge < -0.3 is 0 Å². The van der Waals surface area contributed by atoms with Gasteiger partial charge in [-0.05, 0) is 31.0 Å². The van der Waals surface area contributed by atoms with Crippen molar-refractivity contribution < 1.29 is 18.0 Å². The molecule has 0 radical (unpaired) electrons. The number of sulfonamides is 1. The molecule has 0 saturated carbocycles. The highest BCUT2D eigenvalue weighted by Crippen LogP contribution is 2.24. The number of aromatic nitrogens is 1. The molecule has 150 valence electrons. The van der Waals surface area contributed by atoms with Crippen LogP contribution in [-0.4, -0.2) is 25.1 Å². The molecule has 0 unspecified atom stereocenters. The fourth-order valence-corrected chi connectivity index (χ4v) is 4.20. The molecule has 1 aromatic heterocycles. The monoisotopic (exact) mass is 429 g/mol. The number of benzene rings is 2. The SMILES string of the molecule is CCc1ccc(-c2nc(C(=O)NNS(=O)(=O)c3cccc(C(C)=O)c3)cs2)cc1. The Morgan fingerprint density at radius 2 is 1.83 bits per heavy atom. The van der Waals surface area contributed by atoms with Gasteiger partial charge in [0.2, 0.25) is 0 Å². The van der Waals surface area contributed by atoms with E-state index in [0.29, 0.717) is 5.01 Å². The summed E-state index contributed by atoms with van der Waals surface area (Å²) in [6.45, 7) is 3.41. The molecule has 7 nitrogen and oxygen atoms in total. The quantitative estimate of drug-likeness (QED) is 0.443. The summed E-state index contributed by atoms with van der Waals surface area (Å²) in [4.78, 5) is 29.9. The van der Waals surface area contributed by atoms with E-state index in [0.717, 1.165) is 12.0 Å². The van der Waals surface area contributed by atoms with Crippen LogP contribution in [0.2, 0.25) is 0 Å². The molecule has 29 heavy (non-hydrogen) atoms. The molecule has 0 aliphatic carbocycles. The highest BCUT2D eigenvalue weighted by molar-refractivity contribution is 7.89. The van der Waals surface area contributed by atoms with Crippen molar-refractivity contribution in [2.45, 2.75) is 25.2 Å². The first-order valence-corrected chi connectivity index (χ1v) is 11.1. The van der Waals surface area contributed by atoms with E-state index in [-0.39, 0.29) is 21.9 Å². The number of carbonyl (C=O) groups is 2. The van der Waals surface area contributed by atoms with Gasteiger partial charge in [0.1, 0.15) is 10.7 Å². The second kappa shape index (κ2) is 8.64. The molecule has 1 heterocycles. The minimum Gasteiger partial charge on any atom is -0.295 e. The zero-order valence-corrected chi connectivity index (χ0v) is 17.4. The highest BCUT2D eigenvalue weighted by Gasteiger charge is 2.18. The number of Topliss-reactive ketones (excluding diaryl/α,β-unsaturated/α-hetero) is 1. The van der Waals surface area contributed by atoms with Crippen LogP contribution < -0.4 is 10.3 Å². The number of nitrogens with one attached hydrogen (secondary N) is 2. The Morgan fingerprint density at radius 3 is 2.48 bits per heavy atom. The van der Waals surface area contributed by atoms with Crippen LogP contribution in [0.15, 0.2) is 58.8 Å². The molecule has 0 fully saturated rings. The minimum absolute atomic E-state index is 0.102. The summed E-state index contributed by atoms with van der Waals surface area (Å²) in [6.07, 6.45) is 0.932. The first-order valence-electron chi connectivity index (χ1n) is 8.78. The standard InChI is InChI=1S/C20H19N3O4S2/c1-3-14-7-9-15(10-8-14)20-21-18(12-28-20)19(25)22-23-29(26,27)17-6-4-5-16(11-17)13(2)24/h4-12,23H,3H2,1-2H3,(H,22,25). The molecule has 0 bridgehead atoms. The first kappa shape index (κ1) is 20.8. The van der Waals surface area contributed by atoms with Crippen LogP contribution in [-0.2, 0) is 16.4 Å². The van der Waals surface area contributed by atoms with Crippen molar-refractivity contribution in [3.63, 3.8) is 0 Å². The fourth-order valence-electron chi connectivity index (χ4n) is 2.51. The highest BCUT2D eigenvalue weighted by atomic mass is 32.2. The number of hydrazine groups is 1. The number of nitrogens with zero attached hydrogens (tertiary/aromatic N) is 1. The molecule has 1 amide bonds. The van der Waals surface area contributed by atoms with Crippen molar-refractivity contribution in [2.75, 3.05) is 0 Å². The lowest BCUT2D eigenvalue weighted by Gasteiger charge is -2.08. The fraction of sp³-hybridized carbons (Fsp3) is 0.150. The summed E-state index contributed by atoms with van der Waals surface area (Å²) in [7, 11) is -4.03. The lowest BCUT2D eigenvalue weighted by atomic mass is 10.1. The Labute approximate surface area is 172 Å². The van der Waals surface area contributed by atoms with Crippen molar-refractivity contribution in [3.05, 3.63) is 70.7 Å². The van der Waals surface area contributed by atoms with Gasteiger partial charge in [0.25, 0.3) is 15.9 Å². The predicted molar refractivity (Wildman–Crippen MR) is 111 cm³/mol. The Balaban J connectivity index is 1.70. The molecular formula is C20H19N3O4S2. The topological polar surface area (TPSA) is 105 Å². The molecule has 0 spiro atoms. The Kier molecular flexibility index (Phi) is 6.21. The summed E-state index contributed by atoms with van der Waals surface area (Å²) in [5, 5.41) is 2.22. The van der Waals surface area contributed by atoms with Gasteiger partial charge in [0, 0.05) is 16.5 Å². The summed E-state index contributed by atoms with van der Waals surface area (Å²) in [6, 6.07) is 13.4. The van der Waals surface area contributed by atoms with Gasteiger partial charge in [0.05, 0.1) is 4.90 Å². The van der Waals surface area contributed by atoms with Crippen LogP contribution in [0.1, 0.15) is 40.3 Å². The third-order valence-electron chi connectivity index (χ3n) is 4.20. The van der Waals surface area contributed by atoms with Gasteiger partial charge in [-0.3, -0.25) is 15.0 Å². The molecule has 2 aromatic carbocycles. The maximum atomic E-state index is 12.4. The van der Waals surface area contributed by atoms with Crippen molar-refractivity contribution >= 4 is 33.1 Å². The van der Waals surface area contributed by atoms with Crippen LogP contribution in [0.4, 0.5) is 0 Å². The Bertz CT molecular complexity index is 1150. The molecule has 0 atom stereocenters. The van der Waals surface area contributed by atoms with Gasteiger partial charge >= 0.3 is 0 Å². The number of thiazole rings is 1. The third kappa shape index (κ3) is 4.94. The number of aryl methyl sites for hydroxylation is 1. The molecule has 2 N–H and O–H groups in total. The normalized spacial score (nSPS) is 11.2. The van der Waals surface area contributed by atoms with Gasteiger partial charge in [-0.1, -0.05) is 43.3 Å². The zero-order valence-electron chi connectivity index (χ0n) is 15.8. The summed E-state index contributed by atoms with van der Waals surface area (Å²) in [5.41, 5.74) is 4.60. The van der Waals surface area contributed by atoms with E-state index >= 15 is 0 Å². The number of carbonyl (C=O) groups excluding carboxylic acids is 2.